The topological polar surface area (TPSA) is 267 Å². The number of nitrogens with zero attached hydrogens (tertiary/aromatic N) is 6. The molecule has 8 N–H and O–H groups in total. The van der Waals surface area contributed by atoms with E-state index < -0.39 is 47.9 Å². The molecule has 0 bridgehead atoms. The summed E-state index contributed by atoms with van der Waals surface area (Å²) in [6.45, 7) is 2.33. The van der Waals surface area contributed by atoms with Crippen molar-refractivity contribution < 1.29 is 59.4 Å². The van der Waals surface area contributed by atoms with Crippen LogP contribution in [0.2, 0.25) is 0 Å². The zero-order chi connectivity index (χ0) is 37.1. The zero-order valence-electron chi connectivity index (χ0n) is 28.5. The predicted octanol–water partition coefficient (Wildman–Crippen LogP) is -3.97. The SMILES string of the molecule is O=C(O)CN1CCNCCN(CC(=O)O)C(CCC2CN(CC(=O)O)CCN(CC(=O)O)CCNCCN2CC(=O)O)CN(CC(=O)O)CC1. The fourth-order valence-corrected chi connectivity index (χ4v) is 6.40. The van der Waals surface area contributed by atoms with Gasteiger partial charge in [-0.25, -0.2) is 0 Å². The van der Waals surface area contributed by atoms with Gasteiger partial charge in [-0.05, 0) is 12.8 Å². The lowest BCUT2D eigenvalue weighted by Gasteiger charge is -2.39. The highest BCUT2D eigenvalue weighted by Crippen LogP contribution is 2.17. The molecular formula is C30H54N8O12. The summed E-state index contributed by atoms with van der Waals surface area (Å²) in [7, 11) is 0. The van der Waals surface area contributed by atoms with Gasteiger partial charge in [0.1, 0.15) is 0 Å². The molecule has 20 nitrogen and oxygen atoms in total. The van der Waals surface area contributed by atoms with Crippen LogP contribution in [0.4, 0.5) is 0 Å². The molecular weight excluding hydrogens is 664 g/mol. The standard InChI is InChI=1S/C30H54N8O12/c39-25(40)17-33-7-3-31-5-9-37(21-29(47)48)23(15-35(13-11-33)19-27(43)44)1-2-24-16-36(20-28(45)46)14-12-34(18-26(41)42)8-4-32-6-10-38(24)22-30(49)50/h23-24,31-32H,1-22H2,(H,39,40)(H,41,42)(H,43,44)(H,45,46)(H,47,48)(H,49,50). The van der Waals surface area contributed by atoms with E-state index in [9.17, 15) is 59.4 Å². The first-order valence-corrected chi connectivity index (χ1v) is 16.8. The third kappa shape index (κ3) is 18.5. The van der Waals surface area contributed by atoms with Gasteiger partial charge in [-0.15, -0.1) is 0 Å². The maximum Gasteiger partial charge on any atom is 0.317 e. The zero-order valence-corrected chi connectivity index (χ0v) is 28.5. The van der Waals surface area contributed by atoms with E-state index in [1.807, 2.05) is 0 Å². The van der Waals surface area contributed by atoms with E-state index in [-0.39, 0.29) is 91.6 Å². The molecule has 0 saturated carbocycles. The van der Waals surface area contributed by atoms with E-state index in [2.05, 4.69) is 10.6 Å². The average molecular weight is 719 g/mol. The molecule has 2 atom stereocenters. The first kappa shape index (κ1) is 42.7. The second-order valence-electron chi connectivity index (χ2n) is 12.7. The lowest BCUT2D eigenvalue weighted by molar-refractivity contribution is -0.141. The van der Waals surface area contributed by atoms with Gasteiger partial charge in [0.2, 0.25) is 0 Å². The molecule has 0 spiro atoms. The van der Waals surface area contributed by atoms with Crippen molar-refractivity contribution in [3.8, 4) is 0 Å². The molecule has 50 heavy (non-hydrogen) atoms. The average Bonchev–Trinajstić information content (AvgIpc) is 2.99. The summed E-state index contributed by atoms with van der Waals surface area (Å²) in [5.41, 5.74) is 0. The van der Waals surface area contributed by atoms with E-state index >= 15 is 0 Å². The first-order valence-electron chi connectivity index (χ1n) is 16.8. The molecule has 0 aromatic carbocycles. The summed E-state index contributed by atoms with van der Waals surface area (Å²) in [6.07, 6.45) is 0.616. The van der Waals surface area contributed by atoms with E-state index in [0.29, 0.717) is 52.1 Å². The number of hydrogen-bond donors (Lipinski definition) is 8. The van der Waals surface area contributed by atoms with Crippen molar-refractivity contribution in [1.82, 2.24) is 40.0 Å². The molecule has 2 unspecified atom stereocenters. The molecule has 2 fully saturated rings. The van der Waals surface area contributed by atoms with Gasteiger partial charge in [-0.2, -0.15) is 0 Å². The van der Waals surface area contributed by atoms with Crippen LogP contribution < -0.4 is 10.6 Å². The van der Waals surface area contributed by atoms with Crippen LogP contribution >= 0.6 is 0 Å². The monoisotopic (exact) mass is 718 g/mol. The van der Waals surface area contributed by atoms with Gasteiger partial charge in [0, 0.05) is 104 Å². The lowest BCUT2D eigenvalue weighted by atomic mass is 10.0. The van der Waals surface area contributed by atoms with Crippen molar-refractivity contribution in [2.45, 2.75) is 24.9 Å². The van der Waals surface area contributed by atoms with Crippen LogP contribution in [0.1, 0.15) is 12.8 Å². The quantitative estimate of drug-likeness (QED) is 0.0802. The van der Waals surface area contributed by atoms with Crippen molar-refractivity contribution in [1.29, 1.82) is 0 Å². The van der Waals surface area contributed by atoms with Crippen molar-refractivity contribution in [3.05, 3.63) is 0 Å². The van der Waals surface area contributed by atoms with Crippen LogP contribution in [-0.2, 0) is 28.8 Å². The Balaban J connectivity index is 2.44. The number of carbonyl (C=O) groups is 6. The van der Waals surface area contributed by atoms with E-state index in [4.69, 9.17) is 0 Å². The number of rotatable bonds is 15. The highest BCUT2D eigenvalue weighted by atomic mass is 16.4. The minimum Gasteiger partial charge on any atom is -0.480 e. The molecule has 0 aliphatic carbocycles. The summed E-state index contributed by atoms with van der Waals surface area (Å²) in [5, 5.41) is 64.2. The summed E-state index contributed by atoms with van der Waals surface area (Å²) in [5.74, 6) is -6.40. The Bertz CT molecular complexity index is 1030. The molecule has 0 aromatic rings. The number of carboxylic acid groups (broad SMARTS) is 6. The summed E-state index contributed by atoms with van der Waals surface area (Å²) in [6, 6.07) is -1.02. The summed E-state index contributed by atoms with van der Waals surface area (Å²) in [4.78, 5) is 80.9. The molecule has 0 aromatic heterocycles. The van der Waals surface area contributed by atoms with Crippen LogP contribution in [0.15, 0.2) is 0 Å². The van der Waals surface area contributed by atoms with Crippen molar-refractivity contribution in [3.63, 3.8) is 0 Å². The highest BCUT2D eigenvalue weighted by Gasteiger charge is 2.30. The first-order chi connectivity index (χ1) is 23.7. The maximum absolute atomic E-state index is 12.0. The van der Waals surface area contributed by atoms with Gasteiger partial charge in [0.25, 0.3) is 0 Å². The van der Waals surface area contributed by atoms with Crippen LogP contribution in [0.25, 0.3) is 0 Å². The Kier molecular flexibility index (Phi) is 19.7. The van der Waals surface area contributed by atoms with Gasteiger partial charge in [0.05, 0.1) is 39.3 Å². The molecule has 2 saturated heterocycles. The molecule has 0 radical (unpaired) electrons. The van der Waals surface area contributed by atoms with Crippen molar-refractivity contribution in [2.75, 3.05) is 131 Å². The molecule has 0 amide bonds. The fraction of sp³-hybridized carbons (Fsp3) is 0.800. The third-order valence-electron chi connectivity index (χ3n) is 8.74. The van der Waals surface area contributed by atoms with Gasteiger partial charge >= 0.3 is 35.8 Å². The number of aliphatic carboxylic acids is 6. The normalized spacial score (nSPS) is 23.0. The Labute approximate surface area is 291 Å². The maximum atomic E-state index is 12.0. The fourth-order valence-electron chi connectivity index (χ4n) is 6.40. The Morgan fingerprint density at radius 1 is 0.400 bits per heavy atom. The van der Waals surface area contributed by atoms with Crippen molar-refractivity contribution in [2.24, 2.45) is 0 Å². The molecule has 286 valence electrons. The van der Waals surface area contributed by atoms with Gasteiger partial charge in [-0.1, -0.05) is 0 Å². The largest absolute Gasteiger partial charge is 0.480 e. The summed E-state index contributed by atoms with van der Waals surface area (Å²) < 4.78 is 0. The van der Waals surface area contributed by atoms with Gasteiger partial charge in [0.15, 0.2) is 0 Å². The second-order valence-corrected chi connectivity index (χ2v) is 12.7. The Morgan fingerprint density at radius 2 is 0.680 bits per heavy atom. The Morgan fingerprint density at radius 3 is 1.00 bits per heavy atom. The molecule has 20 heteroatoms. The minimum atomic E-state index is -1.10. The molecule has 2 heterocycles. The van der Waals surface area contributed by atoms with Gasteiger partial charge in [-0.3, -0.25) is 58.2 Å². The van der Waals surface area contributed by atoms with Crippen LogP contribution in [0, 0.1) is 0 Å². The van der Waals surface area contributed by atoms with Crippen molar-refractivity contribution >= 4 is 35.8 Å². The lowest BCUT2D eigenvalue weighted by Crippen LogP contribution is -2.54. The summed E-state index contributed by atoms with van der Waals surface area (Å²) >= 11 is 0. The smallest absolute Gasteiger partial charge is 0.317 e. The molecule has 2 rings (SSSR count). The highest BCUT2D eigenvalue weighted by molar-refractivity contribution is 5.71. The molecule has 2 aliphatic heterocycles. The van der Waals surface area contributed by atoms with E-state index in [1.165, 1.54) is 0 Å². The third-order valence-corrected chi connectivity index (χ3v) is 8.74. The van der Waals surface area contributed by atoms with E-state index in [1.54, 1.807) is 29.4 Å². The van der Waals surface area contributed by atoms with Gasteiger partial charge < -0.3 is 41.3 Å². The second kappa shape index (κ2) is 23.1. The predicted molar refractivity (Wildman–Crippen MR) is 177 cm³/mol. The number of nitrogens with one attached hydrogen (secondary N) is 2. The number of hydrogen-bond acceptors (Lipinski definition) is 14. The van der Waals surface area contributed by atoms with Crippen LogP contribution in [-0.4, -0.2) is 239 Å². The molecule has 2 aliphatic rings. The number of carboxylic acids is 6. The van der Waals surface area contributed by atoms with E-state index in [0.717, 1.165) is 0 Å². The Hall–Kier alpha value is -3.50. The minimum absolute atomic E-state index is 0.136. The van der Waals surface area contributed by atoms with Crippen LogP contribution in [0.5, 0.6) is 0 Å². The van der Waals surface area contributed by atoms with Crippen LogP contribution in [0.3, 0.4) is 0 Å².